The summed E-state index contributed by atoms with van der Waals surface area (Å²) < 4.78 is 52.1. The van der Waals surface area contributed by atoms with Crippen LogP contribution in [-0.4, -0.2) is 67.1 Å². The first-order valence-corrected chi connectivity index (χ1v) is 23.2. The molecular weight excluding hydrogens is 762 g/mol. The summed E-state index contributed by atoms with van der Waals surface area (Å²) in [5.41, 5.74) is 11.9. The Morgan fingerprint density at radius 2 is 1.00 bits per heavy atom. The summed E-state index contributed by atoms with van der Waals surface area (Å²) in [6, 6.07) is 18.1. The Bertz CT molecular complexity index is 2100. The molecular formula is C51H66B2O8. The zero-order valence-electron chi connectivity index (χ0n) is 38.1. The molecule has 0 radical (unpaired) electrons. The van der Waals surface area contributed by atoms with Crippen molar-refractivity contribution in [1.82, 2.24) is 0 Å². The average molecular weight is 829 g/mol. The van der Waals surface area contributed by atoms with Gasteiger partial charge >= 0.3 is 14.2 Å². The van der Waals surface area contributed by atoms with Crippen LogP contribution in [0.2, 0.25) is 0 Å². The molecule has 2 aliphatic heterocycles. The van der Waals surface area contributed by atoms with E-state index in [4.69, 9.17) is 37.6 Å². The molecule has 8 nitrogen and oxygen atoms in total. The average Bonchev–Trinajstić information content (AvgIpc) is 4.10. The van der Waals surface area contributed by atoms with Gasteiger partial charge in [0.1, 0.15) is 0 Å². The van der Waals surface area contributed by atoms with E-state index >= 15 is 0 Å². The van der Waals surface area contributed by atoms with E-state index in [1.165, 1.54) is 27.8 Å². The van der Waals surface area contributed by atoms with Gasteiger partial charge in [-0.25, -0.2) is 0 Å². The van der Waals surface area contributed by atoms with Crippen LogP contribution in [0.4, 0.5) is 0 Å². The summed E-state index contributed by atoms with van der Waals surface area (Å²) in [4.78, 5) is 0. The normalized spacial score (nSPS) is 19.6. The summed E-state index contributed by atoms with van der Waals surface area (Å²) in [7, 11) is -0.863. The van der Waals surface area contributed by atoms with Gasteiger partial charge in [0.25, 0.3) is 0 Å². The van der Waals surface area contributed by atoms with Gasteiger partial charge in [-0.2, -0.15) is 0 Å². The van der Waals surface area contributed by atoms with Gasteiger partial charge in [0.15, 0.2) is 23.0 Å². The van der Waals surface area contributed by atoms with E-state index < -0.39 is 19.7 Å². The van der Waals surface area contributed by atoms with E-state index in [1.807, 2.05) is 0 Å². The number of allylic oxidation sites excluding steroid dienone is 4. The van der Waals surface area contributed by atoms with Crippen molar-refractivity contribution in [2.24, 2.45) is 23.7 Å². The molecule has 3 aliphatic carbocycles. The van der Waals surface area contributed by atoms with Crippen LogP contribution in [0.3, 0.4) is 0 Å². The highest BCUT2D eigenvalue weighted by atomic mass is 16.6. The predicted molar refractivity (Wildman–Crippen MR) is 246 cm³/mol. The topological polar surface area (TPSA) is 73.8 Å². The Morgan fingerprint density at radius 1 is 0.557 bits per heavy atom. The molecule has 1 spiro atoms. The minimum atomic E-state index is -0.728. The lowest BCUT2D eigenvalue weighted by atomic mass is 9.65. The van der Waals surface area contributed by atoms with Gasteiger partial charge < -0.3 is 37.6 Å². The zero-order chi connectivity index (χ0) is 42.8. The smallest absolute Gasteiger partial charge is 0.489 e. The van der Waals surface area contributed by atoms with Crippen molar-refractivity contribution >= 4 is 30.7 Å². The molecule has 61 heavy (non-hydrogen) atoms. The summed E-state index contributed by atoms with van der Waals surface area (Å²) in [5.74, 6) is 4.72. The van der Waals surface area contributed by atoms with Gasteiger partial charge in [0.05, 0.1) is 58.3 Å². The molecule has 0 N–H and O–H groups in total. The van der Waals surface area contributed by atoms with E-state index in [0.717, 1.165) is 81.9 Å². The molecule has 10 heteroatoms. The lowest BCUT2D eigenvalue weighted by Gasteiger charge is -2.34. The molecule has 0 saturated carbocycles. The van der Waals surface area contributed by atoms with E-state index in [-0.39, 0.29) is 0 Å². The largest absolute Gasteiger partial charge is 0.494 e. The lowest BCUT2D eigenvalue weighted by Crippen LogP contribution is -2.36. The van der Waals surface area contributed by atoms with Crippen LogP contribution >= 0.6 is 0 Å². The summed E-state index contributed by atoms with van der Waals surface area (Å²) in [5, 5.41) is 0. The van der Waals surface area contributed by atoms with Gasteiger partial charge in [-0.3, -0.25) is 0 Å². The summed E-state index contributed by atoms with van der Waals surface area (Å²) in [6.45, 7) is 24.8. The second-order valence-electron chi connectivity index (χ2n) is 18.3. The van der Waals surface area contributed by atoms with Crippen molar-refractivity contribution in [3.05, 3.63) is 99.5 Å². The first-order chi connectivity index (χ1) is 29.6. The van der Waals surface area contributed by atoms with Crippen molar-refractivity contribution in [2.45, 2.75) is 99.8 Å². The SMILES string of the molecule is CCC(C)COC1=CC2=C(CC(C)=C1OCC(C)CC)C1(c3cc(OCC(C)CC)c(OCC(C)CC)cc32)c2cc(B3OCCO3)ccc2-c2ccc(B3OCCO3)cc21. The van der Waals surface area contributed by atoms with E-state index in [2.05, 4.69) is 117 Å². The Morgan fingerprint density at radius 3 is 1.49 bits per heavy atom. The van der Waals surface area contributed by atoms with Crippen molar-refractivity contribution < 1.29 is 37.6 Å². The quantitative estimate of drug-likeness (QED) is 0.118. The van der Waals surface area contributed by atoms with Gasteiger partial charge in [-0.1, -0.05) is 117 Å². The minimum Gasteiger partial charge on any atom is -0.489 e. The maximum atomic E-state index is 6.90. The molecule has 324 valence electrons. The molecule has 0 bridgehead atoms. The van der Waals surface area contributed by atoms with Crippen LogP contribution in [0.5, 0.6) is 11.5 Å². The third-order valence-electron chi connectivity index (χ3n) is 13.7. The third kappa shape index (κ3) is 8.35. The number of hydrogen-bond acceptors (Lipinski definition) is 8. The highest BCUT2D eigenvalue weighted by Gasteiger charge is 2.55. The molecule has 4 atom stereocenters. The minimum absolute atomic E-state index is 0.380. The molecule has 3 aromatic carbocycles. The highest BCUT2D eigenvalue weighted by molar-refractivity contribution is 6.62. The monoisotopic (exact) mass is 828 g/mol. The number of hydrogen-bond donors (Lipinski definition) is 0. The van der Waals surface area contributed by atoms with Crippen LogP contribution in [0.1, 0.15) is 117 Å². The van der Waals surface area contributed by atoms with Crippen molar-refractivity contribution in [2.75, 3.05) is 52.9 Å². The molecule has 3 aromatic rings. The summed E-state index contributed by atoms with van der Waals surface area (Å²) in [6.07, 6.45) is 7.05. The molecule has 4 unspecified atom stereocenters. The maximum Gasteiger partial charge on any atom is 0.494 e. The Labute approximate surface area is 365 Å². The molecule has 0 amide bonds. The van der Waals surface area contributed by atoms with Crippen LogP contribution in [0.15, 0.2) is 77.3 Å². The molecule has 2 heterocycles. The van der Waals surface area contributed by atoms with E-state index in [0.29, 0.717) is 82.9 Å². The van der Waals surface area contributed by atoms with Gasteiger partial charge in [0, 0.05) is 0 Å². The molecule has 0 aromatic heterocycles. The number of rotatable bonds is 18. The summed E-state index contributed by atoms with van der Waals surface area (Å²) >= 11 is 0. The van der Waals surface area contributed by atoms with Crippen LogP contribution in [0, 0.1) is 23.7 Å². The lowest BCUT2D eigenvalue weighted by molar-refractivity contribution is 0.115. The first kappa shape index (κ1) is 43.7. The van der Waals surface area contributed by atoms with Crippen molar-refractivity contribution in [3.8, 4) is 22.6 Å². The second-order valence-corrected chi connectivity index (χ2v) is 18.3. The van der Waals surface area contributed by atoms with Crippen molar-refractivity contribution in [3.63, 3.8) is 0 Å². The van der Waals surface area contributed by atoms with Crippen LogP contribution in [-0.2, 0) is 33.5 Å². The fourth-order valence-corrected chi connectivity index (χ4v) is 9.05. The standard InChI is InChI=1S/C51H66B2O8/c1-10-32(5)28-54-47-25-41-42-26-49(56-30-34(7)12-3)50(57-31-35(8)13-4)36(9)22-43(42)51(46(41)27-48(47)55-29-33(6)11-2)44-23-37(52-58-18-19-59-52)14-16-39(44)40-17-15-38(24-45(40)51)53-60-20-21-61-53/h14-17,23-27,32-35H,10-13,18-22,28-31H2,1-9H3. The fourth-order valence-electron chi connectivity index (χ4n) is 9.05. The molecule has 5 aliphatic rings. The van der Waals surface area contributed by atoms with E-state index in [1.54, 1.807) is 0 Å². The molecule has 2 fully saturated rings. The predicted octanol–water partition coefficient (Wildman–Crippen LogP) is 9.79. The third-order valence-corrected chi connectivity index (χ3v) is 13.7. The molecule has 2 saturated heterocycles. The van der Waals surface area contributed by atoms with Crippen LogP contribution in [0.25, 0.3) is 16.7 Å². The van der Waals surface area contributed by atoms with Gasteiger partial charge in [-0.05, 0) is 116 Å². The maximum absolute atomic E-state index is 6.90. The zero-order valence-corrected chi connectivity index (χ0v) is 38.1. The van der Waals surface area contributed by atoms with Gasteiger partial charge in [-0.15, -0.1) is 0 Å². The highest BCUT2D eigenvalue weighted by Crippen LogP contribution is 2.65. The first-order valence-electron chi connectivity index (χ1n) is 23.2. The fraction of sp³-hybridized carbons (Fsp3) is 0.529. The number of fused-ring (bicyclic) bond motifs is 9. The Balaban J connectivity index is 1.43. The Kier molecular flexibility index (Phi) is 13.5. The van der Waals surface area contributed by atoms with E-state index in [9.17, 15) is 0 Å². The Hall–Kier alpha value is -3.95. The van der Waals surface area contributed by atoms with Gasteiger partial charge in [0.2, 0.25) is 0 Å². The van der Waals surface area contributed by atoms with Crippen molar-refractivity contribution in [1.29, 1.82) is 0 Å². The number of benzene rings is 3. The molecule has 8 rings (SSSR count). The second kappa shape index (κ2) is 18.8. The van der Waals surface area contributed by atoms with Crippen LogP contribution < -0.4 is 20.4 Å². The number of ether oxygens (including phenoxy) is 4.